The number of carbonyl (C=O) groups excluding carboxylic acids is 1. The highest BCUT2D eigenvalue weighted by Crippen LogP contribution is 2.37. The summed E-state index contributed by atoms with van der Waals surface area (Å²) in [7, 11) is 1.56. The van der Waals surface area contributed by atoms with E-state index in [9.17, 15) is 9.18 Å². The molecule has 0 N–H and O–H groups in total. The summed E-state index contributed by atoms with van der Waals surface area (Å²) in [5, 5.41) is 0. The first-order valence-electron chi connectivity index (χ1n) is 10.2. The molecular weight excluding hydrogens is 391 g/mol. The maximum absolute atomic E-state index is 14.4. The molecule has 1 aromatic carbocycles. The van der Waals surface area contributed by atoms with Crippen LogP contribution in [-0.4, -0.2) is 29.8 Å². The Morgan fingerprint density at radius 1 is 1.16 bits per heavy atom. The van der Waals surface area contributed by atoms with Crippen molar-refractivity contribution in [3.8, 4) is 5.88 Å². The SMILES string of the molecule is C\C=C/C1=C/CN(Cc2ccccc2F)C(C=O)=C(c2cccnc2OC)\C(C)=C\1C. The fraction of sp³-hybridized carbons (Fsp3) is 0.231. The van der Waals surface area contributed by atoms with E-state index in [1.165, 1.54) is 6.07 Å². The molecular formula is C26H27FN2O2. The molecule has 0 amide bonds. The first-order chi connectivity index (χ1) is 15.0. The van der Waals surface area contributed by atoms with Crippen LogP contribution in [0.5, 0.6) is 5.88 Å². The minimum absolute atomic E-state index is 0.263. The maximum atomic E-state index is 14.4. The van der Waals surface area contributed by atoms with Gasteiger partial charge in [-0.15, -0.1) is 0 Å². The molecule has 3 rings (SSSR count). The quantitative estimate of drug-likeness (QED) is 0.582. The Morgan fingerprint density at radius 3 is 2.61 bits per heavy atom. The van der Waals surface area contributed by atoms with Gasteiger partial charge in [-0.25, -0.2) is 9.37 Å². The number of aldehydes is 1. The first-order valence-corrected chi connectivity index (χ1v) is 10.2. The van der Waals surface area contributed by atoms with Gasteiger partial charge in [-0.1, -0.05) is 36.4 Å². The van der Waals surface area contributed by atoms with Gasteiger partial charge in [0.15, 0.2) is 6.29 Å². The molecule has 0 fully saturated rings. The molecule has 0 spiro atoms. The lowest BCUT2D eigenvalue weighted by Crippen LogP contribution is -2.27. The number of benzene rings is 1. The molecule has 0 saturated carbocycles. The number of pyridine rings is 1. The van der Waals surface area contributed by atoms with E-state index in [0.717, 1.165) is 34.1 Å². The van der Waals surface area contributed by atoms with Gasteiger partial charge in [0.25, 0.3) is 0 Å². The highest BCUT2D eigenvalue weighted by atomic mass is 19.1. The lowest BCUT2D eigenvalue weighted by molar-refractivity contribution is -0.106. The molecule has 0 bridgehead atoms. The molecule has 5 heteroatoms. The van der Waals surface area contributed by atoms with Crippen LogP contribution in [0.2, 0.25) is 0 Å². The minimum Gasteiger partial charge on any atom is -0.481 e. The maximum Gasteiger partial charge on any atom is 0.221 e. The van der Waals surface area contributed by atoms with Gasteiger partial charge in [0, 0.05) is 36.0 Å². The predicted molar refractivity (Wildman–Crippen MR) is 122 cm³/mol. The highest BCUT2D eigenvalue weighted by Gasteiger charge is 2.24. The second-order valence-electron chi connectivity index (χ2n) is 7.32. The third-order valence-electron chi connectivity index (χ3n) is 5.51. The Morgan fingerprint density at radius 2 is 1.94 bits per heavy atom. The normalized spacial score (nSPS) is 19.1. The molecule has 0 unspecified atom stereocenters. The molecule has 2 aromatic rings. The third kappa shape index (κ3) is 4.66. The first kappa shape index (κ1) is 22.2. The summed E-state index contributed by atoms with van der Waals surface area (Å²) in [5.41, 5.74) is 5.53. The molecule has 31 heavy (non-hydrogen) atoms. The number of ether oxygens (including phenoxy) is 1. The minimum atomic E-state index is -0.295. The summed E-state index contributed by atoms with van der Waals surface area (Å²) in [5.74, 6) is 0.142. The molecule has 2 heterocycles. The fourth-order valence-electron chi connectivity index (χ4n) is 3.79. The van der Waals surface area contributed by atoms with Crippen molar-refractivity contribution in [1.82, 2.24) is 9.88 Å². The van der Waals surface area contributed by atoms with Gasteiger partial charge in [-0.3, -0.25) is 4.79 Å². The summed E-state index contributed by atoms with van der Waals surface area (Å²) >= 11 is 0. The highest BCUT2D eigenvalue weighted by molar-refractivity contribution is 5.95. The molecule has 0 radical (unpaired) electrons. The zero-order valence-corrected chi connectivity index (χ0v) is 18.4. The molecule has 0 atom stereocenters. The van der Waals surface area contributed by atoms with E-state index in [0.29, 0.717) is 23.7 Å². The van der Waals surface area contributed by atoms with E-state index >= 15 is 0 Å². The molecule has 160 valence electrons. The smallest absolute Gasteiger partial charge is 0.221 e. The van der Waals surface area contributed by atoms with Crippen LogP contribution in [0.25, 0.3) is 5.57 Å². The summed E-state index contributed by atoms with van der Waals surface area (Å²) in [6.45, 7) is 6.72. The van der Waals surface area contributed by atoms with Crippen LogP contribution in [0.1, 0.15) is 31.9 Å². The van der Waals surface area contributed by atoms with Crippen molar-refractivity contribution in [2.75, 3.05) is 13.7 Å². The summed E-state index contributed by atoms with van der Waals surface area (Å²) < 4.78 is 19.9. The van der Waals surface area contributed by atoms with Crippen molar-refractivity contribution in [2.45, 2.75) is 27.3 Å². The fourth-order valence-corrected chi connectivity index (χ4v) is 3.79. The van der Waals surface area contributed by atoms with Gasteiger partial charge in [-0.05, 0) is 55.7 Å². The Kier molecular flexibility index (Phi) is 7.19. The zero-order valence-electron chi connectivity index (χ0n) is 18.4. The van der Waals surface area contributed by atoms with Crippen LogP contribution in [0, 0.1) is 5.82 Å². The van der Waals surface area contributed by atoms with Gasteiger partial charge in [0.2, 0.25) is 5.88 Å². The number of carbonyl (C=O) groups is 1. The Labute approximate surface area is 183 Å². The average Bonchev–Trinajstić information content (AvgIpc) is 2.79. The van der Waals surface area contributed by atoms with E-state index < -0.39 is 0 Å². The van der Waals surface area contributed by atoms with Gasteiger partial charge in [-0.2, -0.15) is 0 Å². The Hall–Kier alpha value is -3.47. The second-order valence-corrected chi connectivity index (χ2v) is 7.32. The van der Waals surface area contributed by atoms with E-state index in [4.69, 9.17) is 4.74 Å². The van der Waals surface area contributed by atoms with E-state index in [2.05, 4.69) is 11.1 Å². The van der Waals surface area contributed by atoms with Crippen molar-refractivity contribution < 1.29 is 13.9 Å². The molecule has 1 aliphatic rings. The van der Waals surface area contributed by atoms with Gasteiger partial charge in [0.1, 0.15) is 5.82 Å². The van der Waals surface area contributed by atoms with Crippen LogP contribution in [-0.2, 0) is 11.3 Å². The van der Waals surface area contributed by atoms with Crippen molar-refractivity contribution in [3.63, 3.8) is 0 Å². The van der Waals surface area contributed by atoms with Crippen LogP contribution >= 0.6 is 0 Å². The number of methoxy groups -OCH3 is 1. The number of hydrogen-bond donors (Lipinski definition) is 0. The van der Waals surface area contributed by atoms with Crippen molar-refractivity contribution in [2.24, 2.45) is 0 Å². The van der Waals surface area contributed by atoms with Crippen molar-refractivity contribution >= 4 is 11.9 Å². The van der Waals surface area contributed by atoms with Crippen molar-refractivity contribution in [3.05, 3.63) is 100 Å². The molecule has 0 saturated heterocycles. The van der Waals surface area contributed by atoms with Gasteiger partial charge in [0.05, 0.1) is 12.8 Å². The summed E-state index contributed by atoms with van der Waals surface area (Å²) in [6, 6.07) is 10.3. The van der Waals surface area contributed by atoms with Crippen LogP contribution in [0.3, 0.4) is 0 Å². The number of aromatic nitrogens is 1. The number of allylic oxidation sites excluding steroid dienone is 7. The molecule has 1 aromatic heterocycles. The second kappa shape index (κ2) is 10.0. The standard InChI is InChI=1S/C26H27FN2O2/c1-5-9-20-13-15-29(16-21-10-6-7-12-23(21)27)24(17-30)25(19(3)18(20)2)22-11-8-14-28-26(22)31-4/h5-14,17H,15-16H2,1-4H3/b9-5-,19-18+,20-13-,25-24?. The molecule has 4 nitrogen and oxygen atoms in total. The topological polar surface area (TPSA) is 42.4 Å². The summed E-state index contributed by atoms with van der Waals surface area (Å²) in [4.78, 5) is 18.7. The van der Waals surface area contributed by atoms with Crippen LogP contribution in [0.15, 0.2) is 83.2 Å². The number of rotatable bonds is 6. The van der Waals surface area contributed by atoms with Crippen LogP contribution < -0.4 is 4.74 Å². The van der Waals surface area contributed by atoms with Gasteiger partial charge >= 0.3 is 0 Å². The largest absolute Gasteiger partial charge is 0.481 e. The van der Waals surface area contributed by atoms with Gasteiger partial charge < -0.3 is 9.64 Å². The molecule has 1 aliphatic heterocycles. The van der Waals surface area contributed by atoms with Crippen LogP contribution in [0.4, 0.5) is 4.39 Å². The Balaban J connectivity index is 2.29. The number of halogens is 1. The third-order valence-corrected chi connectivity index (χ3v) is 5.51. The summed E-state index contributed by atoms with van der Waals surface area (Å²) in [6.07, 6.45) is 8.60. The average molecular weight is 419 g/mol. The lowest BCUT2D eigenvalue weighted by Gasteiger charge is -2.30. The van der Waals surface area contributed by atoms with E-state index in [1.54, 1.807) is 31.5 Å². The number of nitrogens with zero attached hydrogens (tertiary/aromatic N) is 2. The number of hydrogen-bond acceptors (Lipinski definition) is 4. The zero-order chi connectivity index (χ0) is 22.4. The lowest BCUT2D eigenvalue weighted by atomic mass is 9.89. The van der Waals surface area contributed by atoms with E-state index in [-0.39, 0.29) is 12.4 Å². The van der Waals surface area contributed by atoms with E-state index in [1.807, 2.05) is 50.0 Å². The monoisotopic (exact) mass is 418 g/mol. The molecule has 0 aliphatic carbocycles. The Bertz CT molecular complexity index is 1100. The predicted octanol–water partition coefficient (Wildman–Crippen LogP) is 5.49. The van der Waals surface area contributed by atoms with Crippen molar-refractivity contribution in [1.29, 1.82) is 0 Å².